The van der Waals surface area contributed by atoms with Gasteiger partial charge in [-0.3, -0.25) is 0 Å². The summed E-state index contributed by atoms with van der Waals surface area (Å²) in [5.74, 6) is -0.404. The van der Waals surface area contributed by atoms with Gasteiger partial charge in [0.25, 0.3) is 0 Å². The van der Waals surface area contributed by atoms with Crippen LogP contribution in [0, 0.1) is 11.8 Å². The van der Waals surface area contributed by atoms with Crippen molar-refractivity contribution in [2.24, 2.45) is 11.8 Å². The van der Waals surface area contributed by atoms with Crippen LogP contribution in [-0.2, 0) is 0 Å². The van der Waals surface area contributed by atoms with Gasteiger partial charge in [0.1, 0.15) is 0 Å². The van der Waals surface area contributed by atoms with Gasteiger partial charge in [0.2, 0.25) is 0 Å². The molecule has 3 aromatic rings. The maximum Gasteiger partial charge on any atom is 0.335 e. The highest BCUT2D eigenvalue weighted by molar-refractivity contribution is 7.79. The lowest BCUT2D eigenvalue weighted by Crippen LogP contribution is -2.28. The summed E-state index contributed by atoms with van der Waals surface area (Å²) < 4.78 is 0. The maximum atomic E-state index is 10.2. The SMILES string of the molecule is CC(C)CC(O)C(C)C(C)O.O=C(O)c1ccccc1.O[P+](O)(c1ccccc1)c1ccccc1. The third-order valence-electron chi connectivity index (χ3n) is 5.33. The number of rotatable bonds is 7. The molecule has 0 aliphatic heterocycles. The molecule has 190 valence electrons. The number of carboxylic acids is 1. The van der Waals surface area contributed by atoms with Gasteiger partial charge in [-0.05, 0) is 55.7 Å². The lowest BCUT2D eigenvalue weighted by Gasteiger charge is -2.22. The van der Waals surface area contributed by atoms with E-state index < -0.39 is 19.8 Å². The third kappa shape index (κ3) is 11.1. The second-order valence-corrected chi connectivity index (χ2v) is 11.0. The maximum absolute atomic E-state index is 10.2. The molecule has 0 spiro atoms. The summed E-state index contributed by atoms with van der Waals surface area (Å²) in [6.07, 6.45) is -0.00903. The van der Waals surface area contributed by atoms with E-state index in [-0.39, 0.29) is 12.0 Å². The number of aliphatic hydroxyl groups is 2. The molecule has 0 aliphatic rings. The predicted molar refractivity (Wildman–Crippen MR) is 143 cm³/mol. The molecule has 0 saturated carbocycles. The molecule has 3 rings (SSSR count). The molecule has 0 fully saturated rings. The minimum Gasteiger partial charge on any atom is -0.478 e. The number of aromatic carboxylic acids is 1. The minimum absolute atomic E-state index is 0.0163. The molecular weight excluding hydrogens is 463 g/mol. The molecule has 35 heavy (non-hydrogen) atoms. The van der Waals surface area contributed by atoms with Crippen LogP contribution in [0.1, 0.15) is 44.5 Å². The van der Waals surface area contributed by atoms with Crippen LogP contribution in [0.5, 0.6) is 0 Å². The van der Waals surface area contributed by atoms with Gasteiger partial charge in [-0.25, -0.2) is 14.6 Å². The monoisotopic (exact) mass is 501 g/mol. The quantitative estimate of drug-likeness (QED) is 0.309. The first-order valence-corrected chi connectivity index (χ1v) is 13.3. The van der Waals surface area contributed by atoms with Crippen molar-refractivity contribution in [1.82, 2.24) is 0 Å². The molecule has 3 atom stereocenters. The topological polar surface area (TPSA) is 118 Å². The number of carbonyl (C=O) groups is 1. The summed E-state index contributed by atoms with van der Waals surface area (Å²) in [7, 11) is -3.15. The lowest BCUT2D eigenvalue weighted by molar-refractivity contribution is 0.0206. The van der Waals surface area contributed by atoms with Crippen molar-refractivity contribution in [3.8, 4) is 0 Å². The van der Waals surface area contributed by atoms with Crippen LogP contribution in [-0.4, -0.2) is 43.3 Å². The van der Waals surface area contributed by atoms with Crippen LogP contribution in [0.15, 0.2) is 91.0 Å². The van der Waals surface area contributed by atoms with Gasteiger partial charge in [0.15, 0.2) is 10.6 Å². The summed E-state index contributed by atoms with van der Waals surface area (Å²) >= 11 is 0. The number of hydrogen-bond acceptors (Lipinski definition) is 5. The smallest absolute Gasteiger partial charge is 0.335 e. The zero-order valence-electron chi connectivity index (χ0n) is 20.8. The van der Waals surface area contributed by atoms with E-state index in [4.69, 9.17) is 10.2 Å². The first kappa shape index (κ1) is 30.4. The molecule has 0 saturated heterocycles. The molecule has 0 aromatic heterocycles. The predicted octanol–water partition coefficient (Wildman–Crippen LogP) is 4.26. The van der Waals surface area contributed by atoms with E-state index in [1.165, 1.54) is 0 Å². The molecule has 0 aliphatic carbocycles. The fourth-order valence-corrected chi connectivity index (χ4v) is 4.49. The highest BCUT2D eigenvalue weighted by atomic mass is 31.2. The summed E-state index contributed by atoms with van der Waals surface area (Å²) in [5.41, 5.74) is 0.331. The molecule has 0 amide bonds. The van der Waals surface area contributed by atoms with Crippen molar-refractivity contribution in [3.63, 3.8) is 0 Å². The second-order valence-electron chi connectivity index (χ2n) is 8.74. The van der Waals surface area contributed by atoms with Crippen molar-refractivity contribution < 1.29 is 29.9 Å². The third-order valence-corrected chi connectivity index (χ3v) is 7.37. The van der Waals surface area contributed by atoms with E-state index in [1.807, 2.05) is 19.1 Å². The van der Waals surface area contributed by atoms with Gasteiger partial charge in [0, 0.05) is 5.92 Å². The van der Waals surface area contributed by atoms with E-state index in [1.54, 1.807) is 85.8 Å². The number of carboxylic acid groups (broad SMARTS) is 1. The van der Waals surface area contributed by atoms with Crippen LogP contribution in [0.4, 0.5) is 0 Å². The Morgan fingerprint density at radius 2 is 1.09 bits per heavy atom. The number of aliphatic hydroxyl groups excluding tert-OH is 2. The van der Waals surface area contributed by atoms with Crippen LogP contribution >= 0.6 is 7.72 Å². The van der Waals surface area contributed by atoms with Gasteiger partial charge < -0.3 is 15.3 Å². The van der Waals surface area contributed by atoms with E-state index >= 15 is 0 Å². The van der Waals surface area contributed by atoms with Crippen LogP contribution in [0.3, 0.4) is 0 Å². The Morgan fingerprint density at radius 1 is 0.714 bits per heavy atom. The average Bonchev–Trinajstić information content (AvgIpc) is 2.85. The Hall–Kier alpha value is -2.60. The minimum atomic E-state index is -3.15. The second kappa shape index (κ2) is 15.4. The Balaban J connectivity index is 0.000000273. The Kier molecular flexibility index (Phi) is 13.4. The van der Waals surface area contributed by atoms with Gasteiger partial charge in [-0.15, -0.1) is 0 Å². The zero-order valence-corrected chi connectivity index (χ0v) is 21.7. The molecule has 7 heteroatoms. The van der Waals surface area contributed by atoms with Crippen LogP contribution < -0.4 is 10.6 Å². The Labute approximate surface area is 209 Å². The summed E-state index contributed by atoms with van der Waals surface area (Å²) in [6, 6.07) is 26.2. The zero-order chi connectivity index (χ0) is 26.4. The standard InChI is InChI=1S/C12H12O2P.C9H20O2.C7H6O2/c13-15(14,11-7-3-1-4-8-11)12-9-5-2-6-10-12;1-6(2)5-9(11)7(3)8(4)10;8-7(9)6-4-2-1-3-5-6/h1-10,13-14H;6-11H,5H2,1-4H3;1-5H,(H,8,9)/q+1;;. The van der Waals surface area contributed by atoms with Crippen molar-refractivity contribution in [2.75, 3.05) is 0 Å². The molecular formula is C28H38O6P+. The highest BCUT2D eigenvalue weighted by Crippen LogP contribution is 2.46. The van der Waals surface area contributed by atoms with Crippen LogP contribution in [0.25, 0.3) is 0 Å². The first-order chi connectivity index (χ1) is 16.5. The Morgan fingerprint density at radius 3 is 1.37 bits per heavy atom. The van der Waals surface area contributed by atoms with Gasteiger partial charge in [-0.2, -0.15) is 0 Å². The largest absolute Gasteiger partial charge is 0.478 e. The van der Waals surface area contributed by atoms with E-state index in [2.05, 4.69) is 13.8 Å². The van der Waals surface area contributed by atoms with Crippen molar-refractivity contribution in [3.05, 3.63) is 96.6 Å². The van der Waals surface area contributed by atoms with E-state index in [0.29, 0.717) is 22.1 Å². The first-order valence-electron chi connectivity index (χ1n) is 11.6. The van der Waals surface area contributed by atoms with E-state index in [9.17, 15) is 19.7 Å². The molecule has 5 N–H and O–H groups in total. The lowest BCUT2D eigenvalue weighted by atomic mass is 9.92. The normalized spacial score (nSPS) is 13.4. The number of hydrogen-bond donors (Lipinski definition) is 5. The van der Waals surface area contributed by atoms with Gasteiger partial charge >= 0.3 is 13.7 Å². The summed E-state index contributed by atoms with van der Waals surface area (Å²) in [6.45, 7) is 7.72. The van der Waals surface area contributed by atoms with Crippen molar-refractivity contribution in [1.29, 1.82) is 0 Å². The van der Waals surface area contributed by atoms with Crippen molar-refractivity contribution >= 4 is 24.3 Å². The average molecular weight is 502 g/mol. The fraction of sp³-hybridized carbons (Fsp3) is 0.321. The van der Waals surface area contributed by atoms with Gasteiger partial charge in [0.05, 0.1) is 17.8 Å². The summed E-state index contributed by atoms with van der Waals surface area (Å²) in [4.78, 5) is 30.4. The van der Waals surface area contributed by atoms with E-state index in [0.717, 1.165) is 6.42 Å². The van der Waals surface area contributed by atoms with Crippen LogP contribution in [0.2, 0.25) is 0 Å². The Bertz CT molecular complexity index is 921. The molecule has 3 unspecified atom stereocenters. The molecule has 0 radical (unpaired) electrons. The highest BCUT2D eigenvalue weighted by Gasteiger charge is 2.39. The molecule has 0 bridgehead atoms. The molecule has 6 nitrogen and oxygen atoms in total. The van der Waals surface area contributed by atoms with Gasteiger partial charge in [-0.1, -0.05) is 75.4 Å². The fourth-order valence-electron chi connectivity index (χ4n) is 3.02. The summed E-state index contributed by atoms with van der Waals surface area (Å²) in [5, 5.41) is 28.2. The molecule has 3 aromatic carbocycles. The number of benzene rings is 3. The van der Waals surface area contributed by atoms with Crippen molar-refractivity contribution in [2.45, 2.75) is 46.3 Å². The molecule has 0 heterocycles.